The molecule has 0 spiro atoms. The van der Waals surface area contributed by atoms with Crippen LogP contribution in [-0.4, -0.2) is 88.2 Å². The van der Waals surface area contributed by atoms with Crippen LogP contribution in [0.3, 0.4) is 0 Å². The molecule has 7 nitrogen and oxygen atoms in total. The third-order valence-corrected chi connectivity index (χ3v) is 5.17. The molecule has 0 aliphatic rings. The van der Waals surface area contributed by atoms with Crippen LogP contribution in [0.4, 0.5) is 0 Å². The van der Waals surface area contributed by atoms with E-state index in [0.29, 0.717) is 32.8 Å². The van der Waals surface area contributed by atoms with Crippen LogP contribution in [-0.2, 0) is 25.5 Å². The highest BCUT2D eigenvalue weighted by Gasteiger charge is 2.22. The van der Waals surface area contributed by atoms with Crippen molar-refractivity contribution < 1.29 is 23.5 Å². The molecule has 0 radical (unpaired) electrons. The van der Waals surface area contributed by atoms with E-state index in [-0.39, 0.29) is 18.4 Å². The van der Waals surface area contributed by atoms with Crippen LogP contribution in [0, 0.1) is 0 Å². The quantitative estimate of drug-likeness (QED) is 0.206. The van der Waals surface area contributed by atoms with E-state index in [2.05, 4.69) is 44.3 Å². The molecular formula is C22H38N3O4S+. The van der Waals surface area contributed by atoms with Gasteiger partial charge in [0.15, 0.2) is 0 Å². The molecule has 2 N–H and O–H groups in total. The molecule has 1 aromatic carbocycles. The fourth-order valence-corrected chi connectivity index (χ4v) is 2.74. The molecule has 0 saturated heterocycles. The number of ether oxygens (including phenoxy) is 2. The van der Waals surface area contributed by atoms with Crippen molar-refractivity contribution in [2.45, 2.75) is 25.8 Å². The van der Waals surface area contributed by atoms with Crippen LogP contribution >= 0.6 is 12.6 Å². The number of rotatable bonds is 16. The molecule has 1 unspecified atom stereocenters. The van der Waals surface area contributed by atoms with Gasteiger partial charge in [-0.1, -0.05) is 30.3 Å². The molecule has 0 aliphatic carbocycles. The van der Waals surface area contributed by atoms with Crippen molar-refractivity contribution in [2.24, 2.45) is 0 Å². The van der Waals surface area contributed by atoms with Gasteiger partial charge in [-0.05, 0) is 24.7 Å². The number of carbonyl (C=O) groups is 2. The zero-order valence-electron chi connectivity index (χ0n) is 18.6. The Labute approximate surface area is 186 Å². The van der Waals surface area contributed by atoms with Gasteiger partial charge < -0.3 is 24.6 Å². The number of hydrogen-bond donors (Lipinski definition) is 3. The summed E-state index contributed by atoms with van der Waals surface area (Å²) < 4.78 is 11.5. The largest absolute Gasteiger partial charge is 0.379 e. The van der Waals surface area contributed by atoms with Gasteiger partial charge in [0, 0.05) is 13.0 Å². The number of likely N-dealkylation sites (N-methyl/N-ethyl adjacent to an activating group) is 1. The monoisotopic (exact) mass is 440 g/mol. The van der Waals surface area contributed by atoms with Gasteiger partial charge in [0.1, 0.15) is 12.6 Å². The summed E-state index contributed by atoms with van der Waals surface area (Å²) in [6.07, 6.45) is 1.31. The fraction of sp³-hybridized carbons (Fsp3) is 0.636. The Bertz CT molecular complexity index is 614. The third kappa shape index (κ3) is 12.2. The smallest absolute Gasteiger partial charge is 0.246 e. The van der Waals surface area contributed by atoms with Crippen LogP contribution in [0.25, 0.3) is 0 Å². The molecule has 30 heavy (non-hydrogen) atoms. The number of thiol groups is 1. The molecule has 0 heterocycles. The lowest BCUT2D eigenvalue weighted by Gasteiger charge is -2.28. The van der Waals surface area contributed by atoms with Gasteiger partial charge in [-0.2, -0.15) is 12.6 Å². The molecular weight excluding hydrogens is 402 g/mol. The number of quaternary nitrogens is 1. The average Bonchev–Trinajstić information content (AvgIpc) is 2.73. The minimum atomic E-state index is -0.646. The van der Waals surface area contributed by atoms with Crippen LogP contribution in [0.15, 0.2) is 30.3 Å². The topological polar surface area (TPSA) is 76.7 Å². The van der Waals surface area contributed by atoms with Gasteiger partial charge >= 0.3 is 0 Å². The number of amides is 2. The lowest BCUT2D eigenvalue weighted by Crippen LogP contribution is -2.51. The maximum absolute atomic E-state index is 12.7. The van der Waals surface area contributed by atoms with E-state index in [9.17, 15) is 9.59 Å². The Morgan fingerprint density at radius 3 is 2.47 bits per heavy atom. The number of benzene rings is 1. The van der Waals surface area contributed by atoms with Crippen molar-refractivity contribution in [3.63, 3.8) is 0 Å². The molecule has 1 rings (SSSR count). The van der Waals surface area contributed by atoms with E-state index in [0.717, 1.165) is 35.3 Å². The number of carbonyl (C=O) groups excluding carboxylic acids is 2. The molecule has 0 aliphatic heterocycles. The van der Waals surface area contributed by atoms with E-state index in [1.54, 1.807) is 0 Å². The maximum atomic E-state index is 12.7. The Balaban J connectivity index is 2.50. The van der Waals surface area contributed by atoms with Gasteiger partial charge in [-0.15, -0.1) is 0 Å². The van der Waals surface area contributed by atoms with Gasteiger partial charge in [-0.25, -0.2) is 0 Å². The van der Waals surface area contributed by atoms with Crippen molar-refractivity contribution in [3.05, 3.63) is 35.9 Å². The first-order valence-corrected chi connectivity index (χ1v) is 11.2. The predicted molar refractivity (Wildman–Crippen MR) is 123 cm³/mol. The van der Waals surface area contributed by atoms with E-state index in [4.69, 9.17) is 9.47 Å². The zero-order chi connectivity index (χ0) is 22.2. The Morgan fingerprint density at radius 1 is 1.10 bits per heavy atom. The van der Waals surface area contributed by atoms with Crippen molar-refractivity contribution in [3.8, 4) is 0 Å². The Kier molecular flexibility index (Phi) is 13.4. The second-order valence-corrected chi connectivity index (χ2v) is 8.27. The molecule has 1 atom stereocenters. The number of nitrogens with one attached hydrogen (secondary N) is 2. The lowest BCUT2D eigenvalue weighted by molar-refractivity contribution is -0.887. The molecule has 0 fully saturated rings. The van der Waals surface area contributed by atoms with Crippen molar-refractivity contribution in [1.82, 2.24) is 10.6 Å². The highest BCUT2D eigenvalue weighted by molar-refractivity contribution is 7.80. The van der Waals surface area contributed by atoms with E-state index in [1.165, 1.54) is 0 Å². The second kappa shape index (κ2) is 15.2. The van der Waals surface area contributed by atoms with Gasteiger partial charge in [0.05, 0.1) is 46.9 Å². The van der Waals surface area contributed by atoms with Crippen LogP contribution in [0.2, 0.25) is 0 Å². The molecule has 0 aromatic heterocycles. The summed E-state index contributed by atoms with van der Waals surface area (Å²) in [7, 11) is 4.24. The standard InChI is InChI=1S/C22H37N3O4S/c1-4-25(2,3)12-11-23-22(27)20(17-19-9-6-5-7-10-19)24-21(26)18-29-15-14-28-13-8-16-30/h5-7,9-10,20H,4,8,11-18H2,1-3H3,(H2-,23,24,26,27,30)/p+1. The SMILES string of the molecule is CC[N+](C)(C)CCNC(=O)C(Cc1ccccc1)NC(=O)COCCOCCCS. The van der Waals surface area contributed by atoms with E-state index in [1.807, 2.05) is 30.3 Å². The fourth-order valence-electron chi connectivity index (χ4n) is 2.61. The number of nitrogens with zero attached hydrogens (tertiary/aromatic N) is 1. The van der Waals surface area contributed by atoms with Gasteiger partial charge in [0.2, 0.25) is 11.8 Å². The third-order valence-electron chi connectivity index (χ3n) is 4.86. The number of hydrogen-bond acceptors (Lipinski definition) is 5. The average molecular weight is 441 g/mol. The predicted octanol–water partition coefficient (Wildman–Crippen LogP) is 1.28. The van der Waals surface area contributed by atoms with Gasteiger partial charge in [0.25, 0.3) is 0 Å². The van der Waals surface area contributed by atoms with E-state index < -0.39 is 6.04 Å². The Morgan fingerprint density at radius 2 is 1.80 bits per heavy atom. The van der Waals surface area contributed by atoms with Crippen molar-refractivity contribution in [1.29, 1.82) is 0 Å². The zero-order valence-corrected chi connectivity index (χ0v) is 19.5. The van der Waals surface area contributed by atoms with Crippen LogP contribution < -0.4 is 10.6 Å². The summed E-state index contributed by atoms with van der Waals surface area (Å²) >= 11 is 4.12. The minimum absolute atomic E-state index is 0.103. The van der Waals surface area contributed by atoms with Gasteiger partial charge in [-0.3, -0.25) is 9.59 Å². The first-order valence-electron chi connectivity index (χ1n) is 10.6. The normalized spacial score (nSPS) is 12.4. The maximum Gasteiger partial charge on any atom is 0.246 e. The van der Waals surface area contributed by atoms with Crippen molar-refractivity contribution >= 4 is 24.4 Å². The molecule has 1 aromatic rings. The lowest BCUT2D eigenvalue weighted by atomic mass is 10.1. The summed E-state index contributed by atoms with van der Waals surface area (Å²) in [5, 5.41) is 5.76. The highest BCUT2D eigenvalue weighted by Crippen LogP contribution is 2.04. The molecule has 2 amide bonds. The minimum Gasteiger partial charge on any atom is -0.379 e. The molecule has 0 bridgehead atoms. The first-order chi connectivity index (χ1) is 14.4. The molecule has 0 saturated carbocycles. The summed E-state index contributed by atoms with van der Waals surface area (Å²) in [5.74, 6) is 0.285. The summed E-state index contributed by atoms with van der Waals surface area (Å²) in [4.78, 5) is 25.0. The van der Waals surface area contributed by atoms with E-state index >= 15 is 0 Å². The summed E-state index contributed by atoms with van der Waals surface area (Å²) in [6, 6.07) is 9.01. The summed E-state index contributed by atoms with van der Waals surface area (Å²) in [5.41, 5.74) is 0.987. The molecule has 8 heteroatoms. The van der Waals surface area contributed by atoms with Crippen LogP contribution in [0.5, 0.6) is 0 Å². The Hall–Kier alpha value is -1.61. The summed E-state index contributed by atoms with van der Waals surface area (Å²) in [6.45, 7) is 5.77. The van der Waals surface area contributed by atoms with Crippen molar-refractivity contribution in [2.75, 3.05) is 65.9 Å². The van der Waals surface area contributed by atoms with Crippen LogP contribution in [0.1, 0.15) is 18.9 Å². The first kappa shape index (κ1) is 26.4. The molecule has 170 valence electrons. The second-order valence-electron chi connectivity index (χ2n) is 7.82. The highest BCUT2D eigenvalue weighted by atomic mass is 32.1.